The average Bonchev–Trinajstić information content (AvgIpc) is 2.35. The minimum atomic E-state index is 0. The van der Waals surface area contributed by atoms with Crippen LogP contribution in [0.4, 0.5) is 0 Å². The molecule has 0 bridgehead atoms. The summed E-state index contributed by atoms with van der Waals surface area (Å²) in [5.41, 5.74) is 0. The predicted octanol–water partition coefficient (Wildman–Crippen LogP) is 4.81. The van der Waals surface area contributed by atoms with Crippen LogP contribution in [0, 0.1) is 0 Å². The molecule has 0 aromatic rings. The van der Waals surface area contributed by atoms with E-state index in [0.717, 1.165) is 13.2 Å². The van der Waals surface area contributed by atoms with Crippen molar-refractivity contribution in [1.82, 2.24) is 0 Å². The van der Waals surface area contributed by atoms with Crippen LogP contribution in [-0.4, -0.2) is 62.1 Å². The molecule has 18 heavy (non-hydrogen) atoms. The second-order valence-corrected chi connectivity index (χ2v) is 5.15. The van der Waals surface area contributed by atoms with Gasteiger partial charge in [-0.25, -0.2) is 0 Å². The van der Waals surface area contributed by atoms with E-state index in [-0.39, 0.29) is 48.9 Å². The standard InChI is InChI=1S/C16H34O.Ba.2H/c1-3-5-7-9-11-13-15-17-16-14-12-10-8-6-4-2;;;/h3-16H2,1-2H3;;;. The van der Waals surface area contributed by atoms with Crippen LogP contribution >= 0.6 is 0 Å². The van der Waals surface area contributed by atoms with Gasteiger partial charge >= 0.3 is 48.9 Å². The van der Waals surface area contributed by atoms with Gasteiger partial charge in [-0.2, -0.15) is 0 Å². The van der Waals surface area contributed by atoms with E-state index in [4.69, 9.17) is 4.74 Å². The molecule has 0 saturated heterocycles. The molecule has 1 nitrogen and oxygen atoms in total. The fourth-order valence-corrected chi connectivity index (χ4v) is 2.07. The Morgan fingerprint density at radius 3 is 1.22 bits per heavy atom. The van der Waals surface area contributed by atoms with Crippen molar-refractivity contribution in [3.8, 4) is 0 Å². The summed E-state index contributed by atoms with van der Waals surface area (Å²) in [5.74, 6) is 0. The van der Waals surface area contributed by atoms with Crippen LogP contribution < -0.4 is 0 Å². The Morgan fingerprint density at radius 2 is 0.833 bits per heavy atom. The zero-order valence-electron chi connectivity index (χ0n) is 12.3. The first-order chi connectivity index (χ1) is 8.41. The van der Waals surface area contributed by atoms with Gasteiger partial charge in [0.25, 0.3) is 0 Å². The molecular formula is C16H36BaO. The third-order valence-corrected chi connectivity index (χ3v) is 3.28. The molecule has 0 aliphatic carbocycles. The molecule has 0 N–H and O–H groups in total. The van der Waals surface area contributed by atoms with Crippen LogP contribution in [0.2, 0.25) is 0 Å². The fraction of sp³-hybridized carbons (Fsp3) is 1.00. The third-order valence-electron chi connectivity index (χ3n) is 3.28. The second-order valence-electron chi connectivity index (χ2n) is 5.15. The number of unbranched alkanes of at least 4 members (excludes halogenated alkanes) is 10. The van der Waals surface area contributed by atoms with Crippen LogP contribution in [0.1, 0.15) is 90.9 Å². The van der Waals surface area contributed by atoms with Crippen molar-refractivity contribution in [3.63, 3.8) is 0 Å². The van der Waals surface area contributed by atoms with Gasteiger partial charge in [0, 0.05) is 13.2 Å². The number of ether oxygens (including phenoxy) is 1. The molecule has 0 radical (unpaired) electrons. The van der Waals surface area contributed by atoms with Gasteiger partial charge in [0.1, 0.15) is 0 Å². The molecule has 0 fully saturated rings. The van der Waals surface area contributed by atoms with E-state index < -0.39 is 0 Å². The van der Waals surface area contributed by atoms with Crippen molar-refractivity contribution >= 4 is 48.9 Å². The molecule has 2 heteroatoms. The van der Waals surface area contributed by atoms with Gasteiger partial charge in [-0.3, -0.25) is 0 Å². The third kappa shape index (κ3) is 19.9. The molecule has 0 unspecified atom stereocenters. The van der Waals surface area contributed by atoms with Crippen LogP contribution in [0.3, 0.4) is 0 Å². The van der Waals surface area contributed by atoms with Gasteiger partial charge in [0.15, 0.2) is 0 Å². The van der Waals surface area contributed by atoms with Crippen LogP contribution in [-0.2, 0) is 4.74 Å². The molecule has 0 rings (SSSR count). The zero-order valence-corrected chi connectivity index (χ0v) is 12.3. The molecule has 0 atom stereocenters. The first kappa shape index (κ1) is 21.8. The molecule has 0 saturated carbocycles. The fourth-order valence-electron chi connectivity index (χ4n) is 2.07. The molecule has 0 heterocycles. The van der Waals surface area contributed by atoms with Crippen molar-refractivity contribution in [2.75, 3.05) is 13.2 Å². The van der Waals surface area contributed by atoms with E-state index in [9.17, 15) is 0 Å². The Hall–Kier alpha value is 1.53. The molecule has 0 spiro atoms. The van der Waals surface area contributed by atoms with E-state index in [2.05, 4.69) is 13.8 Å². The van der Waals surface area contributed by atoms with E-state index in [1.807, 2.05) is 0 Å². The van der Waals surface area contributed by atoms with Crippen LogP contribution in [0.15, 0.2) is 0 Å². The molecule has 0 aliphatic heterocycles. The topological polar surface area (TPSA) is 9.23 Å². The van der Waals surface area contributed by atoms with Crippen molar-refractivity contribution in [2.24, 2.45) is 0 Å². The van der Waals surface area contributed by atoms with E-state index in [1.165, 1.54) is 77.0 Å². The van der Waals surface area contributed by atoms with Crippen molar-refractivity contribution < 1.29 is 4.74 Å². The van der Waals surface area contributed by atoms with Crippen molar-refractivity contribution in [2.45, 2.75) is 90.9 Å². The molecule has 0 aromatic heterocycles. The first-order valence-corrected chi connectivity index (χ1v) is 7.99. The van der Waals surface area contributed by atoms with Gasteiger partial charge in [-0.1, -0.05) is 78.1 Å². The molecule has 0 aromatic carbocycles. The van der Waals surface area contributed by atoms with Gasteiger partial charge in [-0.15, -0.1) is 0 Å². The van der Waals surface area contributed by atoms with Crippen LogP contribution in [0.5, 0.6) is 0 Å². The SMILES string of the molecule is CCCCCCCCOCCCCCCCC.[BaH2]. The Bertz CT molecular complexity index is 114. The molecule has 0 aliphatic rings. The van der Waals surface area contributed by atoms with E-state index in [1.54, 1.807) is 0 Å². The predicted molar refractivity (Wildman–Crippen MR) is 86.1 cm³/mol. The maximum absolute atomic E-state index is 5.65. The normalized spacial score (nSPS) is 10.3. The molecular weight excluding hydrogens is 346 g/mol. The number of hydrogen-bond donors (Lipinski definition) is 0. The van der Waals surface area contributed by atoms with Gasteiger partial charge in [-0.05, 0) is 12.8 Å². The first-order valence-electron chi connectivity index (χ1n) is 7.99. The van der Waals surface area contributed by atoms with Crippen molar-refractivity contribution in [1.29, 1.82) is 0 Å². The Kier molecular flexibility index (Phi) is 25.3. The summed E-state index contributed by atoms with van der Waals surface area (Å²) in [5, 5.41) is 0. The second kappa shape index (κ2) is 20.8. The Labute approximate surface area is 156 Å². The zero-order chi connectivity index (χ0) is 12.6. The summed E-state index contributed by atoms with van der Waals surface area (Å²) in [6.45, 7) is 6.51. The van der Waals surface area contributed by atoms with E-state index in [0.29, 0.717) is 0 Å². The quantitative estimate of drug-likeness (QED) is 0.310. The summed E-state index contributed by atoms with van der Waals surface area (Å²) in [4.78, 5) is 0. The van der Waals surface area contributed by atoms with Gasteiger partial charge in [0.05, 0.1) is 0 Å². The summed E-state index contributed by atoms with van der Waals surface area (Å²) in [6.07, 6.45) is 16.3. The minimum absolute atomic E-state index is 0. The van der Waals surface area contributed by atoms with Gasteiger partial charge in [0.2, 0.25) is 0 Å². The van der Waals surface area contributed by atoms with E-state index >= 15 is 0 Å². The number of rotatable bonds is 14. The Balaban J connectivity index is 0. The van der Waals surface area contributed by atoms with Gasteiger partial charge < -0.3 is 4.74 Å². The molecule has 108 valence electrons. The summed E-state index contributed by atoms with van der Waals surface area (Å²) < 4.78 is 5.65. The number of hydrogen-bond acceptors (Lipinski definition) is 1. The summed E-state index contributed by atoms with van der Waals surface area (Å²) in [6, 6.07) is 0. The Morgan fingerprint density at radius 1 is 0.500 bits per heavy atom. The molecule has 0 amide bonds. The maximum atomic E-state index is 5.65. The monoisotopic (exact) mass is 382 g/mol. The summed E-state index contributed by atoms with van der Waals surface area (Å²) in [7, 11) is 0. The van der Waals surface area contributed by atoms with Crippen LogP contribution in [0.25, 0.3) is 0 Å². The summed E-state index contributed by atoms with van der Waals surface area (Å²) >= 11 is 0. The van der Waals surface area contributed by atoms with Crippen molar-refractivity contribution in [3.05, 3.63) is 0 Å². The average molecular weight is 382 g/mol.